The molecule has 5 aliphatic carbocycles. The molecule has 5 saturated carbocycles. The van der Waals surface area contributed by atoms with Gasteiger partial charge in [-0.3, -0.25) is 0 Å². The fourth-order valence-electron chi connectivity index (χ4n) is 15.3. The first-order valence-electron chi connectivity index (χ1n) is 20.5. The molecule has 18 unspecified atom stereocenters. The maximum atomic E-state index is 12.3. The predicted molar refractivity (Wildman–Crippen MR) is 185 cm³/mol. The topological polar surface area (TPSA) is 90.6 Å². The van der Waals surface area contributed by atoms with Crippen LogP contribution in [0.4, 0.5) is 0 Å². The van der Waals surface area contributed by atoms with Gasteiger partial charge >= 0.3 is 0 Å². The Balaban J connectivity index is 1.21. The molecule has 47 heavy (non-hydrogen) atoms. The van der Waals surface area contributed by atoms with Crippen molar-refractivity contribution in [2.75, 3.05) is 13.1 Å². The second kappa shape index (κ2) is 13.1. The molecule has 3 saturated heterocycles. The Morgan fingerprint density at radius 1 is 0.511 bits per heavy atom. The zero-order valence-electron chi connectivity index (χ0n) is 29.9. The van der Waals surface area contributed by atoms with Crippen molar-refractivity contribution in [3.63, 3.8) is 0 Å². The van der Waals surface area contributed by atoms with Crippen molar-refractivity contribution in [2.45, 2.75) is 160 Å². The van der Waals surface area contributed by atoms with Gasteiger partial charge in [0.15, 0.2) is 0 Å². The predicted octanol–water partition coefficient (Wildman–Crippen LogP) is 4.88. The summed E-state index contributed by atoms with van der Waals surface area (Å²) in [5.74, 6) is 4.51. The summed E-state index contributed by atoms with van der Waals surface area (Å²) < 4.78 is 0. The first-order valence-corrected chi connectivity index (χ1v) is 20.5. The lowest BCUT2D eigenvalue weighted by molar-refractivity contribution is -0.305. The van der Waals surface area contributed by atoms with Gasteiger partial charge in [0, 0.05) is 41.8 Å². The quantitative estimate of drug-likeness (QED) is 0.292. The standard InChI is InChI=1S/C39H66BN3O4/c1-5-20(6-2)42-36(44)24-15-13-23-33-29(41-16-10-9-11-17-41)19-27-31-25(37(45)43(39(27)47)21(7-3)8-4)14-12-22(35(31)33)32-28(40)18-26(38(42)46)30(24)34(23)32/h20-39,44-47H,5-19H2,1-4H3. The van der Waals surface area contributed by atoms with E-state index in [0.717, 1.165) is 64.2 Å². The minimum atomic E-state index is -0.622. The third-order valence-corrected chi connectivity index (χ3v) is 16.7. The van der Waals surface area contributed by atoms with E-state index in [2.05, 4.69) is 42.4 Å². The number of rotatable bonds is 7. The molecule has 2 radical (unpaired) electrons. The molecule has 0 spiro atoms. The van der Waals surface area contributed by atoms with Gasteiger partial charge in [-0.2, -0.15) is 0 Å². The second-order valence-corrected chi connectivity index (χ2v) is 17.9. The lowest BCUT2D eigenvalue weighted by Gasteiger charge is -2.73. The van der Waals surface area contributed by atoms with Crippen molar-refractivity contribution < 1.29 is 20.4 Å². The van der Waals surface area contributed by atoms with E-state index in [-0.39, 0.29) is 41.6 Å². The molecule has 0 bridgehead atoms. The molecule has 3 aliphatic heterocycles. The fourth-order valence-corrected chi connectivity index (χ4v) is 15.3. The average Bonchev–Trinajstić information content (AvgIpc) is 3.09. The van der Waals surface area contributed by atoms with Crippen molar-refractivity contribution in [2.24, 2.45) is 71.0 Å². The van der Waals surface area contributed by atoms with Gasteiger partial charge in [0.1, 0.15) is 24.9 Å². The highest BCUT2D eigenvalue weighted by atomic mass is 16.3. The van der Waals surface area contributed by atoms with E-state index >= 15 is 0 Å². The Morgan fingerprint density at radius 2 is 0.936 bits per heavy atom. The van der Waals surface area contributed by atoms with Gasteiger partial charge in [-0.15, -0.1) is 0 Å². The number of piperidine rings is 3. The summed E-state index contributed by atoms with van der Waals surface area (Å²) in [5, 5.41) is 48.6. The van der Waals surface area contributed by atoms with Crippen LogP contribution >= 0.6 is 0 Å². The zero-order valence-corrected chi connectivity index (χ0v) is 29.9. The van der Waals surface area contributed by atoms with Crippen molar-refractivity contribution >= 4 is 7.85 Å². The Labute approximate surface area is 286 Å². The molecule has 8 aliphatic rings. The van der Waals surface area contributed by atoms with Gasteiger partial charge in [-0.05, 0) is 131 Å². The lowest BCUT2D eigenvalue weighted by atomic mass is 9.34. The van der Waals surface area contributed by atoms with Gasteiger partial charge in [0.2, 0.25) is 0 Å². The summed E-state index contributed by atoms with van der Waals surface area (Å²) in [6, 6.07) is 0.874. The molecule has 0 aromatic heterocycles. The molecular weight excluding hydrogens is 585 g/mol. The highest BCUT2D eigenvalue weighted by Gasteiger charge is 2.70. The molecule has 0 aromatic carbocycles. The van der Waals surface area contributed by atoms with Crippen LogP contribution in [0, 0.1) is 71.0 Å². The van der Waals surface area contributed by atoms with Crippen molar-refractivity contribution in [1.29, 1.82) is 0 Å². The summed E-state index contributed by atoms with van der Waals surface area (Å²) in [7, 11) is 7.41. The molecule has 8 rings (SSSR count). The van der Waals surface area contributed by atoms with Crippen LogP contribution in [0.15, 0.2) is 0 Å². The molecule has 0 amide bonds. The van der Waals surface area contributed by atoms with Crippen molar-refractivity contribution in [3.05, 3.63) is 0 Å². The third kappa shape index (κ3) is 4.90. The smallest absolute Gasteiger partial charge is 0.112 e. The molecule has 264 valence electrons. The van der Waals surface area contributed by atoms with Crippen LogP contribution in [0.2, 0.25) is 5.82 Å². The van der Waals surface area contributed by atoms with E-state index in [1.165, 1.54) is 32.4 Å². The van der Waals surface area contributed by atoms with Crippen LogP contribution < -0.4 is 0 Å². The number of aliphatic hydroxyl groups is 4. The van der Waals surface area contributed by atoms with Gasteiger partial charge < -0.3 is 25.3 Å². The normalized spacial score (nSPS) is 53.1. The van der Waals surface area contributed by atoms with Crippen LogP contribution in [0.5, 0.6) is 0 Å². The minimum absolute atomic E-state index is 0.0618. The number of fused-ring (bicyclic) bond motifs is 2. The Bertz CT molecular complexity index is 1100. The molecule has 4 N–H and O–H groups in total. The highest BCUT2D eigenvalue weighted by molar-refractivity contribution is 6.12. The van der Waals surface area contributed by atoms with E-state index in [4.69, 9.17) is 7.85 Å². The van der Waals surface area contributed by atoms with E-state index in [1.54, 1.807) is 0 Å². The van der Waals surface area contributed by atoms with Crippen LogP contribution in [0.3, 0.4) is 0 Å². The number of hydrogen-bond acceptors (Lipinski definition) is 7. The van der Waals surface area contributed by atoms with Crippen LogP contribution in [-0.4, -0.2) is 99.1 Å². The number of hydrogen-bond donors (Lipinski definition) is 4. The van der Waals surface area contributed by atoms with Crippen molar-refractivity contribution in [3.8, 4) is 0 Å². The molecule has 8 fully saturated rings. The van der Waals surface area contributed by atoms with Crippen LogP contribution in [0.1, 0.15) is 111 Å². The summed E-state index contributed by atoms with van der Waals surface area (Å²) in [6.45, 7) is 11.1. The zero-order chi connectivity index (χ0) is 32.9. The maximum Gasteiger partial charge on any atom is 0.112 e. The molecule has 3 heterocycles. The first kappa shape index (κ1) is 33.9. The number of nitrogens with zero attached hydrogens (tertiary/aromatic N) is 3. The fraction of sp³-hybridized carbons (Fsp3) is 1.00. The molecular formula is C39H66BN3O4. The molecule has 18 atom stereocenters. The molecule has 7 nitrogen and oxygen atoms in total. The first-order chi connectivity index (χ1) is 22.8. The lowest BCUT2D eigenvalue weighted by Crippen LogP contribution is -2.74. The number of aliphatic hydroxyl groups excluding tert-OH is 4. The minimum Gasteiger partial charge on any atom is -0.378 e. The van der Waals surface area contributed by atoms with E-state index in [0.29, 0.717) is 53.4 Å². The summed E-state index contributed by atoms with van der Waals surface area (Å²) in [4.78, 5) is 7.12. The molecule has 8 heteroatoms. The Hall–Kier alpha value is -0.215. The second-order valence-electron chi connectivity index (χ2n) is 17.9. The van der Waals surface area contributed by atoms with E-state index in [1.807, 2.05) is 0 Å². The van der Waals surface area contributed by atoms with Gasteiger partial charge in [0.25, 0.3) is 0 Å². The van der Waals surface area contributed by atoms with Crippen LogP contribution in [-0.2, 0) is 0 Å². The Morgan fingerprint density at radius 3 is 1.45 bits per heavy atom. The Kier molecular flexibility index (Phi) is 9.44. The largest absolute Gasteiger partial charge is 0.378 e. The summed E-state index contributed by atoms with van der Waals surface area (Å²) in [5.41, 5.74) is 0. The molecule has 0 aromatic rings. The van der Waals surface area contributed by atoms with E-state index in [9.17, 15) is 20.4 Å². The SMILES string of the molecule is [B]C1CC2C3C(CCC4C3C1C1CCC3C5C(CC(N6CCCCC6)C4C15)C(O)N(C(CC)CC)C3O)C(O)N(C(CC)CC)C2O. The maximum absolute atomic E-state index is 12.3. The average molecular weight is 652 g/mol. The van der Waals surface area contributed by atoms with E-state index < -0.39 is 24.9 Å². The third-order valence-electron chi connectivity index (χ3n) is 16.7. The van der Waals surface area contributed by atoms with Gasteiger partial charge in [0.05, 0.1) is 7.85 Å². The number of likely N-dealkylation sites (tertiary alicyclic amines) is 3. The monoisotopic (exact) mass is 652 g/mol. The van der Waals surface area contributed by atoms with Gasteiger partial charge in [-0.25, -0.2) is 9.80 Å². The van der Waals surface area contributed by atoms with Crippen LogP contribution in [0.25, 0.3) is 0 Å². The van der Waals surface area contributed by atoms with Crippen molar-refractivity contribution in [1.82, 2.24) is 14.7 Å². The summed E-state index contributed by atoms with van der Waals surface area (Å²) >= 11 is 0. The summed E-state index contributed by atoms with van der Waals surface area (Å²) in [6.07, 6.45) is 11.6. The van der Waals surface area contributed by atoms with Gasteiger partial charge in [-0.1, -0.05) is 46.4 Å². The highest BCUT2D eigenvalue weighted by Crippen LogP contribution is 2.72.